The summed E-state index contributed by atoms with van der Waals surface area (Å²) in [6, 6.07) is 2.56. The van der Waals surface area contributed by atoms with Gasteiger partial charge >= 0.3 is 6.43 Å². The number of alkyl halides is 2. The Hall–Kier alpha value is -1.49. The summed E-state index contributed by atoms with van der Waals surface area (Å²) in [6.07, 6.45) is -3.02. The summed E-state index contributed by atoms with van der Waals surface area (Å²) in [4.78, 5) is 22.1. The zero-order chi connectivity index (χ0) is 11.9. The molecule has 0 aromatic heterocycles. The number of halogens is 3. The zero-order valence-corrected chi connectivity index (χ0v) is 8.65. The third-order valence-electron chi connectivity index (χ3n) is 2.28. The Morgan fingerprint density at radius 2 is 2.12 bits per heavy atom. The van der Waals surface area contributed by atoms with Crippen LogP contribution >= 0.6 is 11.6 Å². The standard InChI is InChI=1S/C10H6ClF2NO2/c11-6-3-7-4(2-8(15)14-7)1-5(6)9(16)10(12)13/h1,3,10H,2H2,(H,14,15). The molecule has 1 aromatic carbocycles. The number of rotatable bonds is 2. The highest BCUT2D eigenvalue weighted by Gasteiger charge is 2.25. The maximum atomic E-state index is 12.2. The molecule has 0 atom stereocenters. The first-order chi connectivity index (χ1) is 7.49. The molecule has 1 amide bonds. The van der Waals surface area contributed by atoms with E-state index in [1.54, 1.807) is 0 Å². The third-order valence-corrected chi connectivity index (χ3v) is 2.59. The molecule has 1 aliphatic heterocycles. The van der Waals surface area contributed by atoms with Crippen LogP contribution in [0.2, 0.25) is 5.02 Å². The van der Waals surface area contributed by atoms with Crippen LogP contribution in [0.3, 0.4) is 0 Å². The number of carbonyl (C=O) groups is 2. The van der Waals surface area contributed by atoms with Crippen molar-refractivity contribution in [3.8, 4) is 0 Å². The van der Waals surface area contributed by atoms with Crippen LogP contribution in [0, 0.1) is 0 Å². The van der Waals surface area contributed by atoms with Crippen molar-refractivity contribution in [2.75, 3.05) is 5.32 Å². The van der Waals surface area contributed by atoms with E-state index >= 15 is 0 Å². The highest BCUT2D eigenvalue weighted by atomic mass is 35.5. The molecular formula is C10H6ClF2NO2. The number of carbonyl (C=O) groups excluding carboxylic acids is 2. The summed E-state index contributed by atoms with van der Waals surface area (Å²) in [7, 11) is 0. The Morgan fingerprint density at radius 3 is 2.75 bits per heavy atom. The van der Waals surface area contributed by atoms with Crippen molar-refractivity contribution >= 4 is 29.0 Å². The summed E-state index contributed by atoms with van der Waals surface area (Å²) in [5.74, 6) is -1.57. The molecule has 0 fully saturated rings. The van der Waals surface area contributed by atoms with Crippen LogP contribution in [-0.2, 0) is 11.2 Å². The molecule has 0 aliphatic carbocycles. The Kier molecular flexibility index (Phi) is 2.63. The van der Waals surface area contributed by atoms with Gasteiger partial charge < -0.3 is 5.32 Å². The van der Waals surface area contributed by atoms with Gasteiger partial charge in [-0.25, -0.2) is 8.78 Å². The van der Waals surface area contributed by atoms with Gasteiger partial charge in [0.2, 0.25) is 11.7 Å². The molecule has 1 heterocycles. The first-order valence-corrected chi connectivity index (χ1v) is 4.81. The Labute approximate surface area is 94.4 Å². The molecule has 0 unspecified atom stereocenters. The predicted octanol–water partition coefficient (Wildman–Crippen LogP) is 2.28. The number of amides is 1. The average molecular weight is 246 g/mol. The molecule has 16 heavy (non-hydrogen) atoms. The Bertz CT molecular complexity index is 488. The molecule has 1 aliphatic rings. The summed E-state index contributed by atoms with van der Waals surface area (Å²) in [5.41, 5.74) is 0.742. The maximum Gasteiger partial charge on any atom is 0.300 e. The van der Waals surface area contributed by atoms with E-state index in [0.29, 0.717) is 11.3 Å². The number of benzene rings is 1. The summed E-state index contributed by atoms with van der Waals surface area (Å²) < 4.78 is 24.5. The number of anilines is 1. The van der Waals surface area contributed by atoms with Crippen molar-refractivity contribution in [3.05, 3.63) is 28.3 Å². The van der Waals surface area contributed by atoms with Gasteiger partial charge in [0.25, 0.3) is 0 Å². The number of nitrogens with one attached hydrogen (secondary N) is 1. The van der Waals surface area contributed by atoms with Crippen LogP contribution in [0.5, 0.6) is 0 Å². The minimum Gasteiger partial charge on any atom is -0.325 e. The van der Waals surface area contributed by atoms with E-state index in [1.165, 1.54) is 12.1 Å². The van der Waals surface area contributed by atoms with Crippen molar-refractivity contribution in [3.63, 3.8) is 0 Å². The average Bonchev–Trinajstić information content (AvgIpc) is 2.54. The van der Waals surface area contributed by atoms with E-state index < -0.39 is 12.2 Å². The van der Waals surface area contributed by atoms with Crippen LogP contribution in [0.4, 0.5) is 14.5 Å². The number of Topliss-reactive ketones (excluding diaryl/α,β-unsaturated/α-hetero) is 1. The number of ketones is 1. The lowest BCUT2D eigenvalue weighted by atomic mass is 10.1. The number of hydrogen-bond acceptors (Lipinski definition) is 2. The van der Waals surface area contributed by atoms with Gasteiger partial charge in [-0.15, -0.1) is 0 Å². The topological polar surface area (TPSA) is 46.2 Å². The molecule has 3 nitrogen and oxygen atoms in total. The van der Waals surface area contributed by atoms with Gasteiger partial charge in [-0.1, -0.05) is 11.6 Å². The third kappa shape index (κ3) is 1.78. The van der Waals surface area contributed by atoms with Gasteiger partial charge in [-0.3, -0.25) is 9.59 Å². The number of hydrogen-bond donors (Lipinski definition) is 1. The molecule has 0 spiro atoms. The Morgan fingerprint density at radius 1 is 1.44 bits per heavy atom. The molecule has 0 bridgehead atoms. The largest absolute Gasteiger partial charge is 0.325 e. The lowest BCUT2D eigenvalue weighted by Gasteiger charge is -2.05. The lowest BCUT2D eigenvalue weighted by Crippen LogP contribution is -2.11. The normalized spacial score (nSPS) is 13.9. The van der Waals surface area contributed by atoms with Crippen molar-refractivity contribution < 1.29 is 18.4 Å². The van der Waals surface area contributed by atoms with Gasteiger partial charge in [0, 0.05) is 11.3 Å². The highest BCUT2D eigenvalue weighted by molar-refractivity contribution is 6.34. The molecule has 1 N–H and O–H groups in total. The van der Waals surface area contributed by atoms with E-state index in [-0.39, 0.29) is 22.9 Å². The quantitative estimate of drug-likeness (QED) is 0.813. The second kappa shape index (κ2) is 3.83. The fourth-order valence-electron chi connectivity index (χ4n) is 1.55. The monoisotopic (exact) mass is 245 g/mol. The van der Waals surface area contributed by atoms with Crippen LogP contribution in [0.25, 0.3) is 0 Å². The predicted molar refractivity (Wildman–Crippen MR) is 54.1 cm³/mol. The molecule has 0 radical (unpaired) electrons. The van der Waals surface area contributed by atoms with Crippen molar-refractivity contribution in [1.29, 1.82) is 0 Å². The smallest absolute Gasteiger partial charge is 0.300 e. The van der Waals surface area contributed by atoms with Gasteiger partial charge in [0.15, 0.2) is 0 Å². The number of fused-ring (bicyclic) bond motifs is 1. The van der Waals surface area contributed by atoms with E-state index in [2.05, 4.69) is 5.32 Å². The fourth-order valence-corrected chi connectivity index (χ4v) is 1.81. The van der Waals surface area contributed by atoms with Gasteiger partial charge in [0.1, 0.15) is 0 Å². The first-order valence-electron chi connectivity index (χ1n) is 4.43. The first kappa shape index (κ1) is 11.0. The van der Waals surface area contributed by atoms with Crippen molar-refractivity contribution in [2.24, 2.45) is 0 Å². The van der Waals surface area contributed by atoms with Crippen LogP contribution in [0.1, 0.15) is 15.9 Å². The fraction of sp³-hybridized carbons (Fsp3) is 0.200. The molecule has 2 rings (SSSR count). The van der Waals surface area contributed by atoms with Crippen molar-refractivity contribution in [2.45, 2.75) is 12.8 Å². The van der Waals surface area contributed by atoms with E-state index in [1.807, 2.05) is 0 Å². The summed E-state index contributed by atoms with van der Waals surface area (Å²) in [5, 5.41) is 2.43. The molecule has 0 saturated heterocycles. The molecule has 0 saturated carbocycles. The van der Waals surface area contributed by atoms with Gasteiger partial charge in [-0.05, 0) is 17.7 Å². The summed E-state index contributed by atoms with van der Waals surface area (Å²) in [6.45, 7) is 0. The van der Waals surface area contributed by atoms with Gasteiger partial charge in [-0.2, -0.15) is 0 Å². The highest BCUT2D eigenvalue weighted by Crippen LogP contribution is 2.30. The molecular weight excluding hydrogens is 240 g/mol. The van der Waals surface area contributed by atoms with Crippen LogP contribution in [0.15, 0.2) is 12.1 Å². The minimum absolute atomic E-state index is 0.0775. The van der Waals surface area contributed by atoms with Crippen LogP contribution < -0.4 is 5.32 Å². The lowest BCUT2D eigenvalue weighted by molar-refractivity contribution is -0.115. The van der Waals surface area contributed by atoms with Gasteiger partial charge in [0.05, 0.1) is 11.4 Å². The maximum absolute atomic E-state index is 12.2. The van der Waals surface area contributed by atoms with E-state index in [9.17, 15) is 18.4 Å². The van der Waals surface area contributed by atoms with Crippen LogP contribution in [-0.4, -0.2) is 18.1 Å². The summed E-state index contributed by atoms with van der Waals surface area (Å²) >= 11 is 5.69. The SMILES string of the molecule is O=C1Cc2cc(C(=O)C(F)F)c(Cl)cc2N1. The zero-order valence-electron chi connectivity index (χ0n) is 7.89. The molecule has 1 aromatic rings. The Balaban J connectivity index is 2.46. The second-order valence-electron chi connectivity index (χ2n) is 3.38. The van der Waals surface area contributed by atoms with E-state index in [0.717, 1.165) is 0 Å². The molecule has 6 heteroatoms. The minimum atomic E-state index is -3.10. The van der Waals surface area contributed by atoms with Crippen molar-refractivity contribution in [1.82, 2.24) is 0 Å². The molecule has 84 valence electrons. The second-order valence-corrected chi connectivity index (χ2v) is 3.79. The van der Waals surface area contributed by atoms with E-state index in [4.69, 9.17) is 11.6 Å².